The average molecular weight is 270 g/mol. The van der Waals surface area contributed by atoms with Crippen molar-refractivity contribution >= 4 is 28.3 Å². The number of carbonyl (C=O) groups is 2. The third-order valence-electron chi connectivity index (χ3n) is 2.26. The highest BCUT2D eigenvalue weighted by atomic mass is 32.1. The molecule has 1 heterocycles. The van der Waals surface area contributed by atoms with Crippen LogP contribution in [0.5, 0.6) is 0 Å². The van der Waals surface area contributed by atoms with Crippen LogP contribution in [0.1, 0.15) is 32.9 Å². The molecule has 1 aromatic heterocycles. The molecule has 5 N–H and O–H groups in total. The number of anilines is 1. The van der Waals surface area contributed by atoms with Crippen LogP contribution in [0.3, 0.4) is 0 Å². The molecule has 100 valence electrons. The topological polar surface area (TPSA) is 111 Å². The van der Waals surface area contributed by atoms with Gasteiger partial charge in [0, 0.05) is 10.8 Å². The highest BCUT2D eigenvalue weighted by Gasteiger charge is 2.20. The Hall–Kier alpha value is -1.47. The Morgan fingerprint density at radius 2 is 2.11 bits per heavy atom. The molecule has 0 saturated heterocycles. The molecule has 0 radical (unpaired) electrons. The van der Waals surface area contributed by atoms with Gasteiger partial charge in [-0.2, -0.15) is 0 Å². The first-order valence-electron chi connectivity index (χ1n) is 5.51. The number of hydrogen-bond acceptors (Lipinski definition) is 5. The lowest BCUT2D eigenvalue weighted by molar-refractivity contribution is -0.123. The molecule has 7 heteroatoms. The van der Waals surface area contributed by atoms with Crippen molar-refractivity contribution < 1.29 is 9.59 Å². The lowest BCUT2D eigenvalue weighted by Gasteiger charge is -2.14. The summed E-state index contributed by atoms with van der Waals surface area (Å²) in [6, 6.07) is -0.940. The van der Waals surface area contributed by atoms with Crippen LogP contribution in [0.25, 0.3) is 0 Å². The number of carbonyl (C=O) groups excluding carboxylic acids is 2. The molecule has 1 rings (SSSR count). The van der Waals surface area contributed by atoms with Gasteiger partial charge in [0.05, 0.1) is 18.2 Å². The predicted octanol–water partition coefficient (Wildman–Crippen LogP) is 0.582. The van der Waals surface area contributed by atoms with Crippen molar-refractivity contribution in [2.24, 2.45) is 11.5 Å². The van der Waals surface area contributed by atoms with Crippen molar-refractivity contribution in [2.75, 3.05) is 5.32 Å². The van der Waals surface area contributed by atoms with E-state index in [2.05, 4.69) is 10.3 Å². The van der Waals surface area contributed by atoms with Gasteiger partial charge in [0.1, 0.15) is 0 Å². The van der Waals surface area contributed by atoms with Crippen LogP contribution in [-0.2, 0) is 15.0 Å². The van der Waals surface area contributed by atoms with E-state index in [1.807, 2.05) is 26.2 Å². The van der Waals surface area contributed by atoms with E-state index in [-0.39, 0.29) is 11.8 Å². The van der Waals surface area contributed by atoms with E-state index in [0.717, 1.165) is 5.69 Å². The fourth-order valence-corrected chi connectivity index (χ4v) is 2.12. The number of rotatable bonds is 4. The van der Waals surface area contributed by atoms with Crippen molar-refractivity contribution in [3.63, 3.8) is 0 Å². The summed E-state index contributed by atoms with van der Waals surface area (Å²) in [6.45, 7) is 6.10. The monoisotopic (exact) mass is 270 g/mol. The molecule has 6 nitrogen and oxygen atoms in total. The van der Waals surface area contributed by atoms with Gasteiger partial charge in [-0.15, -0.1) is 11.3 Å². The number of amides is 2. The minimum absolute atomic E-state index is 0.0746. The van der Waals surface area contributed by atoms with Crippen molar-refractivity contribution in [3.8, 4) is 0 Å². The van der Waals surface area contributed by atoms with Gasteiger partial charge in [-0.05, 0) is 0 Å². The maximum Gasteiger partial charge on any atom is 0.243 e. The first-order valence-corrected chi connectivity index (χ1v) is 6.39. The number of primary amides is 1. The molecule has 0 fully saturated rings. The Labute approximate surface area is 110 Å². The van der Waals surface area contributed by atoms with Gasteiger partial charge in [-0.1, -0.05) is 20.8 Å². The van der Waals surface area contributed by atoms with E-state index in [0.29, 0.717) is 5.13 Å². The number of hydrogen-bond donors (Lipinski definition) is 3. The first kappa shape index (κ1) is 14.6. The smallest absolute Gasteiger partial charge is 0.243 e. The molecule has 1 aromatic rings. The SMILES string of the molecule is CC(C)(C)c1csc(NC(=O)C(N)CC(N)=O)n1. The minimum atomic E-state index is -0.940. The zero-order chi connectivity index (χ0) is 13.9. The molecule has 0 saturated carbocycles. The third kappa shape index (κ3) is 4.08. The maximum atomic E-state index is 11.6. The normalized spacial score (nSPS) is 13.1. The van der Waals surface area contributed by atoms with E-state index in [9.17, 15) is 9.59 Å². The molecule has 0 spiro atoms. The van der Waals surface area contributed by atoms with Crippen molar-refractivity contribution in [1.29, 1.82) is 0 Å². The molecular weight excluding hydrogens is 252 g/mol. The van der Waals surface area contributed by atoms with Crippen LogP contribution in [0, 0.1) is 0 Å². The quantitative estimate of drug-likeness (QED) is 0.743. The van der Waals surface area contributed by atoms with Gasteiger partial charge in [-0.25, -0.2) is 4.98 Å². The van der Waals surface area contributed by atoms with Gasteiger partial charge in [0.2, 0.25) is 11.8 Å². The van der Waals surface area contributed by atoms with Crippen LogP contribution in [-0.4, -0.2) is 22.8 Å². The van der Waals surface area contributed by atoms with Crippen molar-refractivity contribution in [2.45, 2.75) is 38.6 Å². The molecule has 18 heavy (non-hydrogen) atoms. The molecular formula is C11H18N4O2S. The Morgan fingerprint density at radius 3 is 2.56 bits per heavy atom. The molecule has 2 amide bonds. The van der Waals surface area contributed by atoms with E-state index in [1.165, 1.54) is 11.3 Å². The molecule has 0 aliphatic heterocycles. The molecule has 0 aromatic carbocycles. The highest BCUT2D eigenvalue weighted by molar-refractivity contribution is 7.14. The number of aromatic nitrogens is 1. The first-order chi connectivity index (χ1) is 8.20. The van der Waals surface area contributed by atoms with Crippen molar-refractivity contribution in [1.82, 2.24) is 4.98 Å². The molecule has 1 atom stereocenters. The number of nitrogens with zero attached hydrogens (tertiary/aromatic N) is 1. The molecule has 1 unspecified atom stereocenters. The van der Waals surface area contributed by atoms with Gasteiger partial charge in [-0.3, -0.25) is 9.59 Å². The van der Waals surface area contributed by atoms with Crippen LogP contribution in [0.15, 0.2) is 5.38 Å². The lowest BCUT2D eigenvalue weighted by Crippen LogP contribution is -2.39. The van der Waals surface area contributed by atoms with E-state index in [1.54, 1.807) is 0 Å². The number of nitrogens with one attached hydrogen (secondary N) is 1. The average Bonchev–Trinajstić information content (AvgIpc) is 2.64. The Morgan fingerprint density at radius 1 is 1.50 bits per heavy atom. The third-order valence-corrected chi connectivity index (χ3v) is 3.02. The van der Waals surface area contributed by atoms with E-state index in [4.69, 9.17) is 11.5 Å². The van der Waals surface area contributed by atoms with E-state index >= 15 is 0 Å². The standard InChI is InChI=1S/C11H18N4O2S/c1-11(2,3)7-5-18-10(14-7)15-9(17)6(12)4-8(13)16/h5-6H,4,12H2,1-3H3,(H2,13,16)(H,14,15,17). The zero-order valence-electron chi connectivity index (χ0n) is 10.7. The van der Waals surface area contributed by atoms with Crippen LogP contribution < -0.4 is 16.8 Å². The van der Waals surface area contributed by atoms with Crippen LogP contribution >= 0.6 is 11.3 Å². The second kappa shape index (κ2) is 5.45. The Bertz CT molecular complexity index is 450. The molecule has 0 aliphatic carbocycles. The van der Waals surface area contributed by atoms with Gasteiger partial charge < -0.3 is 16.8 Å². The fraction of sp³-hybridized carbons (Fsp3) is 0.545. The zero-order valence-corrected chi connectivity index (χ0v) is 11.5. The number of thiazole rings is 1. The summed E-state index contributed by atoms with van der Waals surface area (Å²) in [5, 5.41) is 4.94. The largest absolute Gasteiger partial charge is 0.370 e. The second-order valence-corrected chi connectivity index (χ2v) is 5.91. The van der Waals surface area contributed by atoms with Gasteiger partial charge in [0.25, 0.3) is 0 Å². The second-order valence-electron chi connectivity index (χ2n) is 5.05. The van der Waals surface area contributed by atoms with Gasteiger partial charge >= 0.3 is 0 Å². The lowest BCUT2D eigenvalue weighted by atomic mass is 9.93. The highest BCUT2D eigenvalue weighted by Crippen LogP contribution is 2.26. The van der Waals surface area contributed by atoms with Crippen molar-refractivity contribution in [3.05, 3.63) is 11.1 Å². The van der Waals surface area contributed by atoms with E-state index < -0.39 is 17.9 Å². The summed E-state index contributed by atoms with van der Waals surface area (Å²) in [6.07, 6.45) is -0.177. The fourth-order valence-electron chi connectivity index (χ4n) is 1.18. The molecule has 0 aliphatic rings. The summed E-state index contributed by atoms with van der Waals surface area (Å²) in [5.74, 6) is -1.06. The van der Waals surface area contributed by atoms with Crippen LogP contribution in [0.2, 0.25) is 0 Å². The number of nitrogens with two attached hydrogens (primary N) is 2. The Kier molecular flexibility index (Phi) is 4.42. The summed E-state index contributed by atoms with van der Waals surface area (Å²) < 4.78 is 0. The minimum Gasteiger partial charge on any atom is -0.370 e. The summed E-state index contributed by atoms with van der Waals surface area (Å²) in [5.41, 5.74) is 11.3. The summed E-state index contributed by atoms with van der Waals surface area (Å²) >= 11 is 1.33. The van der Waals surface area contributed by atoms with Crippen LogP contribution in [0.4, 0.5) is 5.13 Å². The predicted molar refractivity (Wildman–Crippen MR) is 71.2 cm³/mol. The maximum absolute atomic E-state index is 11.6. The summed E-state index contributed by atoms with van der Waals surface area (Å²) in [7, 11) is 0. The Balaban J connectivity index is 2.65. The summed E-state index contributed by atoms with van der Waals surface area (Å²) in [4.78, 5) is 26.6. The molecule has 0 bridgehead atoms. The van der Waals surface area contributed by atoms with Gasteiger partial charge in [0.15, 0.2) is 5.13 Å².